The maximum atomic E-state index is 12.9. The number of rotatable bonds is 9. The number of amides is 2. The average Bonchev–Trinajstić information content (AvgIpc) is 2.70. The van der Waals surface area contributed by atoms with Crippen molar-refractivity contribution in [1.82, 2.24) is 10.2 Å². The molecule has 1 atom stereocenters. The van der Waals surface area contributed by atoms with Gasteiger partial charge in [0.05, 0.1) is 0 Å². The van der Waals surface area contributed by atoms with Crippen LogP contribution in [0.5, 0.6) is 5.75 Å². The van der Waals surface area contributed by atoms with Crippen molar-refractivity contribution in [3.63, 3.8) is 0 Å². The fourth-order valence-corrected chi connectivity index (χ4v) is 2.96. The molecule has 0 aliphatic carbocycles. The Hall–Kier alpha value is -2.82. The Morgan fingerprint density at radius 3 is 2.39 bits per heavy atom. The molecular formula is C23H30N2O3. The maximum absolute atomic E-state index is 12.9. The van der Waals surface area contributed by atoms with Crippen molar-refractivity contribution in [3.05, 3.63) is 65.2 Å². The van der Waals surface area contributed by atoms with E-state index in [9.17, 15) is 9.59 Å². The van der Waals surface area contributed by atoms with E-state index < -0.39 is 6.04 Å². The van der Waals surface area contributed by atoms with E-state index in [0.717, 1.165) is 17.5 Å². The number of carbonyl (C=O) groups is 2. The number of nitrogens with one attached hydrogen (secondary N) is 1. The Morgan fingerprint density at radius 2 is 1.79 bits per heavy atom. The van der Waals surface area contributed by atoms with Crippen LogP contribution in [0.4, 0.5) is 0 Å². The molecule has 0 aliphatic rings. The molecule has 2 aromatic carbocycles. The van der Waals surface area contributed by atoms with Crippen LogP contribution in [0.15, 0.2) is 48.5 Å². The number of carbonyl (C=O) groups excluding carboxylic acids is 2. The molecule has 1 unspecified atom stereocenters. The second-order valence-electron chi connectivity index (χ2n) is 6.87. The lowest BCUT2D eigenvalue weighted by Crippen LogP contribution is -2.49. The smallest absolute Gasteiger partial charge is 0.261 e. The summed E-state index contributed by atoms with van der Waals surface area (Å²) < 4.78 is 5.68. The van der Waals surface area contributed by atoms with E-state index in [1.54, 1.807) is 11.8 Å². The lowest BCUT2D eigenvalue weighted by atomic mass is 10.1. The van der Waals surface area contributed by atoms with Gasteiger partial charge in [0.2, 0.25) is 5.91 Å². The fourth-order valence-electron chi connectivity index (χ4n) is 2.96. The van der Waals surface area contributed by atoms with E-state index in [-0.39, 0.29) is 18.4 Å². The molecule has 0 fully saturated rings. The second kappa shape index (κ2) is 10.5. The van der Waals surface area contributed by atoms with Crippen molar-refractivity contribution in [1.29, 1.82) is 0 Å². The van der Waals surface area contributed by atoms with Gasteiger partial charge in [0.1, 0.15) is 11.8 Å². The largest absolute Gasteiger partial charge is 0.484 e. The van der Waals surface area contributed by atoms with Crippen LogP contribution in [-0.4, -0.2) is 35.9 Å². The summed E-state index contributed by atoms with van der Waals surface area (Å²) in [5, 5.41) is 2.79. The summed E-state index contributed by atoms with van der Waals surface area (Å²) in [6.45, 7) is 8.47. The predicted octanol–water partition coefficient (Wildman–Crippen LogP) is 3.49. The lowest BCUT2D eigenvalue weighted by Gasteiger charge is -2.28. The van der Waals surface area contributed by atoms with Gasteiger partial charge in [-0.1, -0.05) is 48.9 Å². The summed E-state index contributed by atoms with van der Waals surface area (Å²) in [6.07, 6.45) is 0.952. The summed E-state index contributed by atoms with van der Waals surface area (Å²) >= 11 is 0. The Balaban J connectivity index is 2.11. The highest BCUT2D eigenvalue weighted by Crippen LogP contribution is 2.15. The molecule has 5 heteroatoms. The van der Waals surface area contributed by atoms with E-state index in [1.165, 1.54) is 5.56 Å². The average molecular weight is 383 g/mol. The van der Waals surface area contributed by atoms with Crippen LogP contribution in [0.3, 0.4) is 0 Å². The first kappa shape index (κ1) is 21.5. The number of likely N-dealkylation sites (N-methyl/N-ethyl adjacent to an activating group) is 1. The van der Waals surface area contributed by atoms with Gasteiger partial charge in [0.15, 0.2) is 6.61 Å². The van der Waals surface area contributed by atoms with E-state index >= 15 is 0 Å². The van der Waals surface area contributed by atoms with Gasteiger partial charge < -0.3 is 15.0 Å². The molecule has 0 aromatic heterocycles. The van der Waals surface area contributed by atoms with Crippen molar-refractivity contribution in [2.45, 2.75) is 46.7 Å². The fraction of sp³-hybridized carbons (Fsp3) is 0.391. The molecule has 0 saturated carbocycles. The van der Waals surface area contributed by atoms with Crippen molar-refractivity contribution >= 4 is 11.8 Å². The number of aryl methyl sites for hydroxylation is 2. The van der Waals surface area contributed by atoms with E-state index in [2.05, 4.69) is 12.2 Å². The lowest BCUT2D eigenvalue weighted by molar-refractivity contribution is -0.142. The van der Waals surface area contributed by atoms with Gasteiger partial charge in [-0.3, -0.25) is 9.59 Å². The minimum atomic E-state index is -0.584. The maximum Gasteiger partial charge on any atom is 0.261 e. The van der Waals surface area contributed by atoms with Gasteiger partial charge in [-0.2, -0.15) is 0 Å². The van der Waals surface area contributed by atoms with E-state index in [0.29, 0.717) is 18.8 Å². The van der Waals surface area contributed by atoms with Gasteiger partial charge in [0.25, 0.3) is 5.91 Å². The molecule has 2 rings (SSSR count). The summed E-state index contributed by atoms with van der Waals surface area (Å²) in [4.78, 5) is 26.8. The van der Waals surface area contributed by atoms with E-state index in [4.69, 9.17) is 4.74 Å². The third kappa shape index (κ3) is 6.12. The van der Waals surface area contributed by atoms with Crippen molar-refractivity contribution in [3.8, 4) is 5.75 Å². The number of benzene rings is 2. The molecular weight excluding hydrogens is 352 g/mol. The molecule has 0 radical (unpaired) electrons. The number of hydrogen-bond acceptors (Lipinski definition) is 3. The van der Waals surface area contributed by atoms with Gasteiger partial charge in [-0.25, -0.2) is 0 Å². The Morgan fingerprint density at radius 1 is 1.07 bits per heavy atom. The Bertz CT molecular complexity index is 787. The first-order chi connectivity index (χ1) is 13.4. The summed E-state index contributed by atoms with van der Waals surface area (Å²) in [6, 6.07) is 15.1. The number of nitrogens with zero attached hydrogens (tertiary/aromatic N) is 1. The minimum absolute atomic E-state index is 0.110. The van der Waals surface area contributed by atoms with Gasteiger partial charge >= 0.3 is 0 Å². The van der Waals surface area contributed by atoms with Crippen molar-refractivity contribution in [2.75, 3.05) is 13.2 Å². The highest BCUT2D eigenvalue weighted by Gasteiger charge is 2.26. The third-order valence-corrected chi connectivity index (χ3v) is 4.65. The minimum Gasteiger partial charge on any atom is -0.484 e. The quantitative estimate of drug-likeness (QED) is 0.722. The normalized spacial score (nSPS) is 11.6. The number of ether oxygens (including phenoxy) is 1. The zero-order chi connectivity index (χ0) is 20.5. The van der Waals surface area contributed by atoms with Crippen LogP contribution in [-0.2, 0) is 22.6 Å². The molecule has 0 heterocycles. The SMILES string of the molecule is CCNC(=O)C(C)N(Cc1cccc(C)c1)C(=O)COc1ccc(CC)cc1. The topological polar surface area (TPSA) is 58.6 Å². The standard InChI is InChI=1S/C23H30N2O3/c1-5-19-10-12-21(13-11-19)28-16-22(26)25(18(4)23(27)24-6-2)15-20-9-7-8-17(3)14-20/h7-14,18H,5-6,15-16H2,1-4H3,(H,24,27). The van der Waals surface area contributed by atoms with E-state index in [1.807, 2.05) is 62.4 Å². The molecule has 5 nitrogen and oxygen atoms in total. The monoisotopic (exact) mass is 382 g/mol. The number of hydrogen-bond donors (Lipinski definition) is 1. The molecule has 0 aliphatic heterocycles. The molecule has 0 spiro atoms. The van der Waals surface area contributed by atoms with Crippen LogP contribution in [0.25, 0.3) is 0 Å². The first-order valence-electron chi connectivity index (χ1n) is 9.79. The summed E-state index contributed by atoms with van der Waals surface area (Å²) in [7, 11) is 0. The molecule has 0 saturated heterocycles. The Kier molecular flexibility index (Phi) is 8.05. The summed E-state index contributed by atoms with van der Waals surface area (Å²) in [5.74, 6) is 0.252. The van der Waals surface area contributed by atoms with Crippen LogP contribution < -0.4 is 10.1 Å². The van der Waals surface area contributed by atoms with Crippen LogP contribution >= 0.6 is 0 Å². The summed E-state index contributed by atoms with van der Waals surface area (Å²) in [5.41, 5.74) is 3.31. The highest BCUT2D eigenvalue weighted by atomic mass is 16.5. The van der Waals surface area contributed by atoms with Gasteiger partial charge in [0, 0.05) is 13.1 Å². The van der Waals surface area contributed by atoms with Gasteiger partial charge in [-0.05, 0) is 50.5 Å². The van der Waals surface area contributed by atoms with Crippen molar-refractivity contribution < 1.29 is 14.3 Å². The predicted molar refractivity (Wildman–Crippen MR) is 111 cm³/mol. The zero-order valence-corrected chi connectivity index (χ0v) is 17.2. The zero-order valence-electron chi connectivity index (χ0n) is 17.2. The van der Waals surface area contributed by atoms with Crippen LogP contribution in [0.1, 0.15) is 37.5 Å². The molecule has 2 amide bonds. The van der Waals surface area contributed by atoms with Gasteiger partial charge in [-0.15, -0.1) is 0 Å². The van der Waals surface area contributed by atoms with Crippen LogP contribution in [0.2, 0.25) is 0 Å². The third-order valence-electron chi connectivity index (χ3n) is 4.65. The molecule has 2 aromatic rings. The first-order valence-corrected chi connectivity index (χ1v) is 9.79. The second-order valence-corrected chi connectivity index (χ2v) is 6.87. The Labute approximate surface area is 167 Å². The molecule has 1 N–H and O–H groups in total. The molecule has 150 valence electrons. The highest BCUT2D eigenvalue weighted by molar-refractivity contribution is 5.87. The van der Waals surface area contributed by atoms with Crippen molar-refractivity contribution in [2.24, 2.45) is 0 Å². The molecule has 28 heavy (non-hydrogen) atoms. The molecule has 0 bridgehead atoms. The van der Waals surface area contributed by atoms with Crippen LogP contribution in [0, 0.1) is 6.92 Å².